The number of rotatable bonds is 3. The van der Waals surface area contributed by atoms with Crippen LogP contribution in [-0.2, 0) is 4.79 Å². The van der Waals surface area contributed by atoms with Crippen molar-refractivity contribution in [2.45, 2.75) is 58.9 Å². The Morgan fingerprint density at radius 2 is 1.67 bits per heavy atom. The highest BCUT2D eigenvalue weighted by atomic mass is 16.2. The van der Waals surface area contributed by atoms with Gasteiger partial charge in [0.05, 0.1) is 5.41 Å². The topological polar surface area (TPSA) is 55.1 Å². The molecular weight excluding hydrogens is 224 g/mol. The Bertz CT molecular complexity index is 300. The second-order valence-electron chi connectivity index (χ2n) is 7.09. The van der Waals surface area contributed by atoms with E-state index < -0.39 is 0 Å². The third-order valence-electron chi connectivity index (χ3n) is 4.86. The molecule has 0 aromatic rings. The zero-order chi connectivity index (χ0) is 13.3. The molecule has 3 nitrogen and oxygen atoms in total. The first-order valence-electron chi connectivity index (χ1n) is 7.46. The zero-order valence-corrected chi connectivity index (χ0v) is 12.0. The lowest BCUT2D eigenvalue weighted by Crippen LogP contribution is -2.56. The van der Waals surface area contributed by atoms with Crippen molar-refractivity contribution >= 4 is 5.91 Å². The SMILES string of the molecule is CC1CC(C)CC(NC(=O)C2(CN)CC(C)C2)C1. The van der Waals surface area contributed by atoms with Gasteiger partial charge in [-0.25, -0.2) is 0 Å². The normalized spacial score (nSPS) is 44.2. The van der Waals surface area contributed by atoms with Crippen molar-refractivity contribution in [1.29, 1.82) is 0 Å². The van der Waals surface area contributed by atoms with E-state index in [2.05, 4.69) is 26.1 Å². The van der Waals surface area contributed by atoms with E-state index in [1.165, 1.54) is 6.42 Å². The van der Waals surface area contributed by atoms with Gasteiger partial charge < -0.3 is 11.1 Å². The Morgan fingerprint density at radius 1 is 1.11 bits per heavy atom. The average molecular weight is 252 g/mol. The predicted octanol–water partition coefficient (Wildman–Crippen LogP) is 2.30. The molecule has 0 bridgehead atoms. The summed E-state index contributed by atoms with van der Waals surface area (Å²) in [7, 11) is 0. The van der Waals surface area contributed by atoms with Gasteiger partial charge in [-0.3, -0.25) is 4.79 Å². The molecule has 0 spiro atoms. The van der Waals surface area contributed by atoms with E-state index in [1.807, 2.05) is 0 Å². The van der Waals surface area contributed by atoms with Crippen LogP contribution in [0.1, 0.15) is 52.9 Å². The third-order valence-corrected chi connectivity index (χ3v) is 4.86. The lowest BCUT2D eigenvalue weighted by molar-refractivity contribution is -0.139. The van der Waals surface area contributed by atoms with Crippen LogP contribution in [-0.4, -0.2) is 18.5 Å². The Balaban J connectivity index is 1.90. The van der Waals surface area contributed by atoms with Gasteiger partial charge in [0.1, 0.15) is 0 Å². The molecule has 2 atom stereocenters. The lowest BCUT2D eigenvalue weighted by Gasteiger charge is -2.45. The maximum absolute atomic E-state index is 12.4. The summed E-state index contributed by atoms with van der Waals surface area (Å²) < 4.78 is 0. The van der Waals surface area contributed by atoms with Crippen molar-refractivity contribution in [3.63, 3.8) is 0 Å². The van der Waals surface area contributed by atoms with Crippen LogP contribution in [0.2, 0.25) is 0 Å². The number of hydrogen-bond acceptors (Lipinski definition) is 2. The van der Waals surface area contributed by atoms with Gasteiger partial charge in [0, 0.05) is 12.6 Å². The van der Waals surface area contributed by atoms with Crippen LogP contribution >= 0.6 is 0 Å². The van der Waals surface area contributed by atoms with E-state index in [4.69, 9.17) is 5.73 Å². The van der Waals surface area contributed by atoms with Crippen molar-refractivity contribution in [1.82, 2.24) is 5.32 Å². The minimum atomic E-state index is -0.247. The van der Waals surface area contributed by atoms with Crippen LogP contribution in [0.3, 0.4) is 0 Å². The summed E-state index contributed by atoms with van der Waals surface area (Å²) in [5.41, 5.74) is 5.58. The van der Waals surface area contributed by atoms with Gasteiger partial charge in [0.25, 0.3) is 0 Å². The second-order valence-corrected chi connectivity index (χ2v) is 7.09. The Labute approximate surface area is 111 Å². The van der Waals surface area contributed by atoms with Crippen LogP contribution < -0.4 is 11.1 Å². The fourth-order valence-electron chi connectivity index (χ4n) is 4.12. The number of hydrogen-bond donors (Lipinski definition) is 2. The number of carbonyl (C=O) groups excluding carboxylic acids is 1. The summed E-state index contributed by atoms with van der Waals surface area (Å²) >= 11 is 0. The van der Waals surface area contributed by atoms with Gasteiger partial charge in [-0.1, -0.05) is 20.8 Å². The molecule has 2 aliphatic carbocycles. The fourth-order valence-corrected chi connectivity index (χ4v) is 4.12. The second kappa shape index (κ2) is 5.20. The maximum atomic E-state index is 12.4. The van der Waals surface area contributed by atoms with E-state index in [0.717, 1.165) is 37.5 Å². The number of carbonyl (C=O) groups is 1. The number of amides is 1. The molecule has 1 amide bonds. The monoisotopic (exact) mass is 252 g/mol. The van der Waals surface area contributed by atoms with E-state index in [-0.39, 0.29) is 11.3 Å². The van der Waals surface area contributed by atoms with E-state index in [9.17, 15) is 4.79 Å². The molecule has 0 heterocycles. The van der Waals surface area contributed by atoms with E-state index in [1.54, 1.807) is 0 Å². The molecule has 2 fully saturated rings. The standard InChI is InChI=1S/C15H28N2O/c1-10-4-11(2)6-13(5-10)17-14(18)15(9-16)7-12(3)8-15/h10-13H,4-9,16H2,1-3H3,(H,17,18). The number of nitrogens with two attached hydrogens (primary N) is 1. The van der Waals surface area contributed by atoms with Crippen LogP contribution in [0.15, 0.2) is 0 Å². The van der Waals surface area contributed by atoms with Crippen molar-refractivity contribution in [2.24, 2.45) is 28.9 Å². The van der Waals surface area contributed by atoms with Crippen LogP contribution in [0.5, 0.6) is 0 Å². The van der Waals surface area contributed by atoms with Gasteiger partial charge in [-0.15, -0.1) is 0 Å². The third kappa shape index (κ3) is 2.71. The zero-order valence-electron chi connectivity index (χ0n) is 12.0. The molecule has 2 saturated carbocycles. The molecule has 3 N–H and O–H groups in total. The van der Waals surface area contributed by atoms with Crippen molar-refractivity contribution in [3.8, 4) is 0 Å². The molecule has 104 valence electrons. The molecule has 0 saturated heterocycles. The maximum Gasteiger partial charge on any atom is 0.227 e. The minimum Gasteiger partial charge on any atom is -0.353 e. The smallest absolute Gasteiger partial charge is 0.227 e. The van der Waals surface area contributed by atoms with Gasteiger partial charge in [-0.05, 0) is 49.9 Å². The number of nitrogens with one attached hydrogen (secondary N) is 1. The quantitative estimate of drug-likeness (QED) is 0.810. The van der Waals surface area contributed by atoms with Crippen molar-refractivity contribution in [3.05, 3.63) is 0 Å². The summed E-state index contributed by atoms with van der Waals surface area (Å²) in [5.74, 6) is 2.33. The average Bonchev–Trinajstić information content (AvgIpc) is 2.22. The Kier molecular flexibility index (Phi) is 4.00. The molecule has 2 aliphatic rings. The largest absolute Gasteiger partial charge is 0.353 e. The van der Waals surface area contributed by atoms with E-state index in [0.29, 0.717) is 18.5 Å². The fraction of sp³-hybridized carbons (Fsp3) is 0.933. The van der Waals surface area contributed by atoms with Crippen LogP contribution in [0.4, 0.5) is 0 Å². The van der Waals surface area contributed by atoms with Crippen molar-refractivity contribution < 1.29 is 4.79 Å². The lowest BCUT2D eigenvalue weighted by atomic mass is 9.62. The van der Waals surface area contributed by atoms with Gasteiger partial charge >= 0.3 is 0 Å². The minimum absolute atomic E-state index is 0.217. The molecule has 0 aromatic heterocycles. The molecular formula is C15H28N2O. The summed E-state index contributed by atoms with van der Waals surface area (Å²) in [4.78, 5) is 12.4. The van der Waals surface area contributed by atoms with Crippen LogP contribution in [0.25, 0.3) is 0 Å². The summed E-state index contributed by atoms with van der Waals surface area (Å²) in [6.45, 7) is 7.28. The molecule has 0 radical (unpaired) electrons. The first kappa shape index (κ1) is 13.9. The molecule has 18 heavy (non-hydrogen) atoms. The first-order valence-corrected chi connectivity index (χ1v) is 7.46. The van der Waals surface area contributed by atoms with Crippen LogP contribution in [0, 0.1) is 23.2 Å². The molecule has 2 rings (SSSR count). The molecule has 2 unspecified atom stereocenters. The van der Waals surface area contributed by atoms with Gasteiger partial charge in [-0.2, -0.15) is 0 Å². The molecule has 0 aromatic carbocycles. The van der Waals surface area contributed by atoms with Crippen molar-refractivity contribution in [2.75, 3.05) is 6.54 Å². The van der Waals surface area contributed by atoms with Gasteiger partial charge in [0.2, 0.25) is 5.91 Å². The predicted molar refractivity (Wildman–Crippen MR) is 74.0 cm³/mol. The summed E-state index contributed by atoms with van der Waals surface area (Å²) in [6.07, 6.45) is 5.49. The Hall–Kier alpha value is -0.570. The summed E-state index contributed by atoms with van der Waals surface area (Å²) in [6, 6.07) is 0.371. The van der Waals surface area contributed by atoms with Gasteiger partial charge in [0.15, 0.2) is 0 Å². The first-order chi connectivity index (χ1) is 8.45. The Morgan fingerprint density at radius 3 is 2.11 bits per heavy atom. The highest BCUT2D eigenvalue weighted by Crippen LogP contribution is 2.45. The molecule has 0 aliphatic heterocycles. The summed E-state index contributed by atoms with van der Waals surface area (Å²) in [5, 5.41) is 3.28. The highest BCUT2D eigenvalue weighted by Gasteiger charge is 2.47. The highest BCUT2D eigenvalue weighted by molar-refractivity contribution is 5.84. The van der Waals surface area contributed by atoms with E-state index >= 15 is 0 Å². The molecule has 3 heteroatoms.